The van der Waals surface area contributed by atoms with Crippen molar-refractivity contribution < 1.29 is 4.79 Å². The molecule has 0 spiro atoms. The summed E-state index contributed by atoms with van der Waals surface area (Å²) in [5.41, 5.74) is 0.829. The van der Waals surface area contributed by atoms with Crippen molar-refractivity contribution in [2.75, 3.05) is 19.6 Å². The number of H-pyrrole nitrogens is 1. The molecule has 1 atom stereocenters. The van der Waals surface area contributed by atoms with Crippen LogP contribution in [-0.2, 0) is 11.3 Å². The summed E-state index contributed by atoms with van der Waals surface area (Å²) in [6.07, 6.45) is 6.41. The van der Waals surface area contributed by atoms with Crippen LogP contribution in [0.15, 0.2) is 23.1 Å². The Labute approximate surface area is 119 Å². The second kappa shape index (κ2) is 7.24. The molecule has 1 fully saturated rings. The molecule has 1 unspecified atom stereocenters. The van der Waals surface area contributed by atoms with Crippen LogP contribution >= 0.6 is 0 Å². The first-order valence-corrected chi connectivity index (χ1v) is 7.30. The fraction of sp³-hybridized carbons (Fsp3) is 0.600. The molecule has 5 heteroatoms. The van der Waals surface area contributed by atoms with Gasteiger partial charge in [0, 0.05) is 31.4 Å². The molecule has 110 valence electrons. The number of piperidine rings is 1. The number of aromatic nitrogens is 1. The Morgan fingerprint density at radius 3 is 2.70 bits per heavy atom. The third kappa shape index (κ3) is 4.20. The number of carbonyl (C=O) groups excluding carboxylic acids is 1. The Balaban J connectivity index is 1.90. The zero-order valence-electron chi connectivity index (χ0n) is 12.0. The quantitative estimate of drug-likeness (QED) is 0.795. The Kier molecular flexibility index (Phi) is 5.35. The molecule has 0 radical (unpaired) electrons. The zero-order valence-corrected chi connectivity index (χ0v) is 12.0. The van der Waals surface area contributed by atoms with Crippen molar-refractivity contribution >= 4 is 6.41 Å². The fourth-order valence-corrected chi connectivity index (χ4v) is 2.67. The van der Waals surface area contributed by atoms with Crippen molar-refractivity contribution in [1.82, 2.24) is 14.8 Å². The van der Waals surface area contributed by atoms with Crippen LogP contribution in [0.2, 0.25) is 0 Å². The summed E-state index contributed by atoms with van der Waals surface area (Å²) in [5, 5.41) is 0. The molecule has 1 saturated heterocycles. The predicted octanol–water partition coefficient (Wildman–Crippen LogP) is 1.21. The van der Waals surface area contributed by atoms with E-state index in [2.05, 4.69) is 16.8 Å². The Hall–Kier alpha value is -1.62. The maximum absolute atomic E-state index is 11.3. The topological polar surface area (TPSA) is 56.4 Å². The molecule has 0 aromatic carbocycles. The summed E-state index contributed by atoms with van der Waals surface area (Å²) in [6.45, 7) is 5.80. The molecule has 5 nitrogen and oxygen atoms in total. The average molecular weight is 277 g/mol. The van der Waals surface area contributed by atoms with E-state index in [9.17, 15) is 9.59 Å². The monoisotopic (exact) mass is 277 g/mol. The number of nitrogens with one attached hydrogen (secondary N) is 1. The van der Waals surface area contributed by atoms with E-state index < -0.39 is 0 Å². The van der Waals surface area contributed by atoms with E-state index in [0.717, 1.165) is 31.6 Å². The SMILES string of the molecule is CC(CN1CCCCC1)N(C=O)Cc1ccc(=O)[nH]c1. The fourth-order valence-electron chi connectivity index (χ4n) is 2.67. The first-order valence-electron chi connectivity index (χ1n) is 7.30. The molecular weight excluding hydrogens is 254 g/mol. The molecule has 0 aliphatic carbocycles. The van der Waals surface area contributed by atoms with Gasteiger partial charge >= 0.3 is 0 Å². The summed E-state index contributed by atoms with van der Waals surface area (Å²) in [7, 11) is 0. The molecule has 1 aliphatic heterocycles. The summed E-state index contributed by atoms with van der Waals surface area (Å²) in [5.74, 6) is 0. The van der Waals surface area contributed by atoms with E-state index >= 15 is 0 Å². The van der Waals surface area contributed by atoms with E-state index in [1.165, 1.54) is 25.3 Å². The van der Waals surface area contributed by atoms with Gasteiger partial charge in [-0.3, -0.25) is 9.59 Å². The minimum absolute atomic E-state index is 0.118. The Morgan fingerprint density at radius 2 is 2.10 bits per heavy atom. The van der Waals surface area contributed by atoms with E-state index in [-0.39, 0.29) is 11.6 Å². The molecular formula is C15H23N3O2. The highest BCUT2D eigenvalue weighted by atomic mass is 16.1. The van der Waals surface area contributed by atoms with Crippen LogP contribution in [0.4, 0.5) is 0 Å². The predicted molar refractivity (Wildman–Crippen MR) is 78.4 cm³/mol. The van der Waals surface area contributed by atoms with Crippen LogP contribution in [0.25, 0.3) is 0 Å². The second-order valence-electron chi connectivity index (χ2n) is 5.55. The molecule has 1 N–H and O–H groups in total. The summed E-state index contributed by atoms with van der Waals surface area (Å²) >= 11 is 0. The van der Waals surface area contributed by atoms with Crippen molar-refractivity contribution in [2.45, 2.75) is 38.8 Å². The summed E-state index contributed by atoms with van der Waals surface area (Å²) in [4.78, 5) is 29.2. The molecule has 20 heavy (non-hydrogen) atoms. The van der Waals surface area contributed by atoms with Gasteiger partial charge in [0.05, 0.1) is 0 Å². The minimum Gasteiger partial charge on any atom is -0.337 e. The second-order valence-corrected chi connectivity index (χ2v) is 5.55. The molecule has 1 aromatic heterocycles. The molecule has 1 aromatic rings. The lowest BCUT2D eigenvalue weighted by Gasteiger charge is -2.33. The third-order valence-corrected chi connectivity index (χ3v) is 3.89. The van der Waals surface area contributed by atoms with Gasteiger partial charge in [0.1, 0.15) is 0 Å². The number of nitrogens with zero attached hydrogens (tertiary/aromatic N) is 2. The van der Waals surface area contributed by atoms with Crippen molar-refractivity contribution in [3.05, 3.63) is 34.2 Å². The largest absolute Gasteiger partial charge is 0.337 e. The van der Waals surface area contributed by atoms with Gasteiger partial charge in [0.15, 0.2) is 0 Å². The lowest BCUT2D eigenvalue weighted by Crippen LogP contribution is -2.43. The number of hydrogen-bond acceptors (Lipinski definition) is 3. The van der Waals surface area contributed by atoms with Gasteiger partial charge < -0.3 is 14.8 Å². The normalized spacial score (nSPS) is 17.6. The number of likely N-dealkylation sites (tertiary alicyclic amines) is 1. The standard InChI is InChI=1S/C15H23N3O2/c1-13(10-17-7-3-2-4-8-17)18(12-19)11-14-5-6-15(20)16-9-14/h5-6,9,12-13H,2-4,7-8,10-11H2,1H3,(H,16,20). The van der Waals surface area contributed by atoms with Crippen LogP contribution in [-0.4, -0.2) is 46.9 Å². The van der Waals surface area contributed by atoms with Gasteiger partial charge in [-0.2, -0.15) is 0 Å². The van der Waals surface area contributed by atoms with E-state index in [1.807, 2.05) is 0 Å². The van der Waals surface area contributed by atoms with Gasteiger partial charge in [-0.15, -0.1) is 0 Å². The van der Waals surface area contributed by atoms with Gasteiger partial charge in [0.2, 0.25) is 12.0 Å². The highest BCUT2D eigenvalue weighted by Crippen LogP contribution is 2.11. The van der Waals surface area contributed by atoms with Crippen LogP contribution in [0.1, 0.15) is 31.7 Å². The van der Waals surface area contributed by atoms with Crippen LogP contribution < -0.4 is 5.56 Å². The highest BCUT2D eigenvalue weighted by molar-refractivity contribution is 5.48. The molecule has 1 amide bonds. The van der Waals surface area contributed by atoms with E-state index in [1.54, 1.807) is 17.2 Å². The maximum atomic E-state index is 11.3. The first-order chi connectivity index (χ1) is 9.69. The van der Waals surface area contributed by atoms with Gasteiger partial charge in [-0.1, -0.05) is 12.5 Å². The average Bonchev–Trinajstić information content (AvgIpc) is 2.47. The van der Waals surface area contributed by atoms with Gasteiger partial charge in [-0.05, 0) is 38.4 Å². The van der Waals surface area contributed by atoms with Gasteiger partial charge in [0.25, 0.3) is 0 Å². The third-order valence-electron chi connectivity index (χ3n) is 3.89. The summed E-state index contributed by atoms with van der Waals surface area (Å²) < 4.78 is 0. The lowest BCUT2D eigenvalue weighted by molar-refractivity contribution is -0.120. The number of pyridine rings is 1. The summed E-state index contributed by atoms with van der Waals surface area (Å²) in [6, 6.07) is 3.44. The van der Waals surface area contributed by atoms with Crippen LogP contribution in [0.5, 0.6) is 0 Å². The minimum atomic E-state index is -0.118. The lowest BCUT2D eigenvalue weighted by atomic mass is 10.1. The smallest absolute Gasteiger partial charge is 0.247 e. The van der Waals surface area contributed by atoms with Crippen LogP contribution in [0.3, 0.4) is 0 Å². The van der Waals surface area contributed by atoms with Crippen molar-refractivity contribution in [3.8, 4) is 0 Å². The van der Waals surface area contributed by atoms with Crippen molar-refractivity contribution in [1.29, 1.82) is 0 Å². The van der Waals surface area contributed by atoms with E-state index in [0.29, 0.717) is 6.54 Å². The first kappa shape index (κ1) is 14.8. The van der Waals surface area contributed by atoms with Crippen molar-refractivity contribution in [2.24, 2.45) is 0 Å². The molecule has 0 saturated carbocycles. The number of hydrogen-bond donors (Lipinski definition) is 1. The Morgan fingerprint density at radius 1 is 1.35 bits per heavy atom. The molecule has 0 bridgehead atoms. The van der Waals surface area contributed by atoms with E-state index in [4.69, 9.17) is 0 Å². The number of amides is 1. The molecule has 1 aliphatic rings. The van der Waals surface area contributed by atoms with Crippen molar-refractivity contribution in [3.63, 3.8) is 0 Å². The highest BCUT2D eigenvalue weighted by Gasteiger charge is 2.17. The zero-order chi connectivity index (χ0) is 14.4. The molecule has 2 heterocycles. The molecule has 2 rings (SSSR count). The Bertz CT molecular complexity index is 460. The van der Waals surface area contributed by atoms with Gasteiger partial charge in [-0.25, -0.2) is 0 Å². The number of rotatable bonds is 6. The number of carbonyl (C=O) groups is 1. The maximum Gasteiger partial charge on any atom is 0.247 e. The number of aromatic amines is 1. The van der Waals surface area contributed by atoms with Crippen LogP contribution in [0, 0.1) is 0 Å².